The molecule has 1 N–H and O–H groups in total. The lowest BCUT2D eigenvalue weighted by Crippen LogP contribution is -2.19. The molecular formula is C18H21ClN2. The fourth-order valence-electron chi connectivity index (χ4n) is 2.47. The van der Waals surface area contributed by atoms with Crippen molar-refractivity contribution in [3.8, 4) is 0 Å². The second-order valence-electron chi connectivity index (χ2n) is 5.82. The monoisotopic (exact) mass is 300 g/mol. The molecule has 1 aliphatic rings. The predicted molar refractivity (Wildman–Crippen MR) is 90.6 cm³/mol. The zero-order valence-electron chi connectivity index (χ0n) is 12.6. The molecule has 0 spiro atoms. The van der Waals surface area contributed by atoms with Crippen LogP contribution in [0.1, 0.15) is 24.0 Å². The third-order valence-electron chi connectivity index (χ3n) is 3.98. The zero-order chi connectivity index (χ0) is 14.8. The quantitative estimate of drug-likeness (QED) is 0.863. The van der Waals surface area contributed by atoms with E-state index < -0.39 is 0 Å². The second-order valence-corrected chi connectivity index (χ2v) is 6.26. The molecule has 1 saturated carbocycles. The summed E-state index contributed by atoms with van der Waals surface area (Å²) < 4.78 is 0. The van der Waals surface area contributed by atoms with Crippen LogP contribution in [-0.2, 0) is 6.54 Å². The lowest BCUT2D eigenvalue weighted by Gasteiger charge is -2.23. The van der Waals surface area contributed by atoms with Gasteiger partial charge in [-0.25, -0.2) is 0 Å². The maximum atomic E-state index is 6.17. The van der Waals surface area contributed by atoms with Gasteiger partial charge in [0.1, 0.15) is 0 Å². The third kappa shape index (κ3) is 3.58. The van der Waals surface area contributed by atoms with Crippen LogP contribution in [-0.4, -0.2) is 13.1 Å². The van der Waals surface area contributed by atoms with E-state index in [-0.39, 0.29) is 0 Å². The number of hydrogen-bond donors (Lipinski definition) is 1. The van der Waals surface area contributed by atoms with Gasteiger partial charge in [0.2, 0.25) is 0 Å². The minimum absolute atomic E-state index is 0.696. The number of hydrogen-bond acceptors (Lipinski definition) is 2. The fourth-order valence-corrected chi connectivity index (χ4v) is 2.67. The van der Waals surface area contributed by atoms with Crippen molar-refractivity contribution in [1.82, 2.24) is 5.32 Å². The van der Waals surface area contributed by atoms with Crippen LogP contribution in [0.25, 0.3) is 0 Å². The summed E-state index contributed by atoms with van der Waals surface area (Å²) in [5.74, 6) is 0. The summed E-state index contributed by atoms with van der Waals surface area (Å²) in [7, 11) is 2.11. The highest BCUT2D eigenvalue weighted by molar-refractivity contribution is 6.30. The molecule has 21 heavy (non-hydrogen) atoms. The molecule has 1 aliphatic carbocycles. The van der Waals surface area contributed by atoms with E-state index in [0.29, 0.717) is 6.04 Å². The highest BCUT2D eigenvalue weighted by atomic mass is 35.5. The van der Waals surface area contributed by atoms with Gasteiger partial charge in [0.25, 0.3) is 0 Å². The van der Waals surface area contributed by atoms with Crippen molar-refractivity contribution < 1.29 is 0 Å². The Balaban J connectivity index is 1.86. The van der Waals surface area contributed by atoms with E-state index in [0.717, 1.165) is 11.6 Å². The van der Waals surface area contributed by atoms with Crippen LogP contribution in [0, 0.1) is 6.92 Å². The average molecular weight is 301 g/mol. The van der Waals surface area contributed by atoms with Crippen LogP contribution in [0.3, 0.4) is 0 Å². The number of rotatable bonds is 5. The second kappa shape index (κ2) is 6.08. The summed E-state index contributed by atoms with van der Waals surface area (Å²) in [6.45, 7) is 2.98. The molecule has 0 amide bonds. The Morgan fingerprint density at radius 2 is 1.86 bits per heavy atom. The topological polar surface area (TPSA) is 15.3 Å². The number of halogens is 1. The van der Waals surface area contributed by atoms with Crippen LogP contribution in [0.2, 0.25) is 5.02 Å². The molecule has 0 heterocycles. The first-order valence-corrected chi connectivity index (χ1v) is 7.83. The van der Waals surface area contributed by atoms with Crippen molar-refractivity contribution in [2.75, 3.05) is 11.9 Å². The lowest BCUT2D eigenvalue weighted by atomic mass is 10.1. The summed E-state index contributed by atoms with van der Waals surface area (Å²) in [4.78, 5) is 2.22. The van der Waals surface area contributed by atoms with Crippen LogP contribution in [0.15, 0.2) is 42.5 Å². The van der Waals surface area contributed by atoms with E-state index in [4.69, 9.17) is 11.6 Å². The van der Waals surface area contributed by atoms with E-state index >= 15 is 0 Å². The molecular weight excluding hydrogens is 280 g/mol. The molecule has 0 unspecified atom stereocenters. The number of nitrogens with one attached hydrogen (secondary N) is 1. The molecule has 3 rings (SSSR count). The normalized spacial score (nSPS) is 14.2. The fraction of sp³-hybridized carbons (Fsp3) is 0.333. The standard InChI is InChI=1S/C18H21ClN2/c1-13-3-8-17(9-4-13)21(2)18-10-5-15(19)11-14(18)12-20-16-6-7-16/h3-5,8-11,16,20H,6-7,12H2,1-2H3. The highest BCUT2D eigenvalue weighted by Crippen LogP contribution is 2.30. The van der Waals surface area contributed by atoms with Gasteiger partial charge in [0.05, 0.1) is 0 Å². The van der Waals surface area contributed by atoms with Gasteiger partial charge in [-0.15, -0.1) is 0 Å². The SMILES string of the molecule is Cc1ccc(N(C)c2ccc(Cl)cc2CNC2CC2)cc1. The Morgan fingerprint density at radius 3 is 2.52 bits per heavy atom. The summed E-state index contributed by atoms with van der Waals surface area (Å²) >= 11 is 6.17. The molecule has 2 aromatic carbocycles. The Bertz CT molecular complexity index is 618. The largest absolute Gasteiger partial charge is 0.344 e. The number of aryl methyl sites for hydroxylation is 1. The van der Waals surface area contributed by atoms with Crippen molar-refractivity contribution in [3.05, 3.63) is 58.6 Å². The van der Waals surface area contributed by atoms with Crippen molar-refractivity contribution in [2.24, 2.45) is 0 Å². The number of nitrogens with zero attached hydrogens (tertiary/aromatic N) is 1. The van der Waals surface area contributed by atoms with E-state index in [1.54, 1.807) is 0 Å². The van der Waals surface area contributed by atoms with Gasteiger partial charge >= 0.3 is 0 Å². The van der Waals surface area contributed by atoms with Gasteiger partial charge in [-0.2, -0.15) is 0 Å². The van der Waals surface area contributed by atoms with Crippen molar-refractivity contribution in [2.45, 2.75) is 32.4 Å². The van der Waals surface area contributed by atoms with Crippen LogP contribution in [0.5, 0.6) is 0 Å². The number of benzene rings is 2. The maximum absolute atomic E-state index is 6.17. The van der Waals surface area contributed by atoms with Gasteiger partial charge in [-0.1, -0.05) is 29.3 Å². The first-order valence-electron chi connectivity index (χ1n) is 7.46. The van der Waals surface area contributed by atoms with Gasteiger partial charge in [-0.3, -0.25) is 0 Å². The Morgan fingerprint density at radius 1 is 1.14 bits per heavy atom. The Kier molecular flexibility index (Phi) is 4.18. The van der Waals surface area contributed by atoms with E-state index in [1.807, 2.05) is 6.07 Å². The van der Waals surface area contributed by atoms with Crippen molar-refractivity contribution in [3.63, 3.8) is 0 Å². The molecule has 1 fully saturated rings. The summed E-state index contributed by atoms with van der Waals surface area (Å²) in [6, 6.07) is 15.4. The number of anilines is 2. The molecule has 2 nitrogen and oxygen atoms in total. The molecule has 0 aromatic heterocycles. The molecule has 0 radical (unpaired) electrons. The molecule has 0 saturated heterocycles. The van der Waals surface area contributed by atoms with E-state index in [2.05, 4.69) is 60.6 Å². The minimum Gasteiger partial charge on any atom is -0.344 e. The molecule has 0 atom stereocenters. The van der Waals surface area contributed by atoms with Crippen LogP contribution in [0.4, 0.5) is 11.4 Å². The van der Waals surface area contributed by atoms with Gasteiger partial charge in [-0.05, 0) is 55.7 Å². The predicted octanol–water partition coefficient (Wildman–Crippen LogP) is 4.67. The maximum Gasteiger partial charge on any atom is 0.0454 e. The molecule has 0 aliphatic heterocycles. The molecule has 0 bridgehead atoms. The summed E-state index contributed by atoms with van der Waals surface area (Å²) in [5, 5.41) is 4.37. The first-order chi connectivity index (χ1) is 10.1. The van der Waals surface area contributed by atoms with Crippen LogP contribution < -0.4 is 10.2 Å². The summed E-state index contributed by atoms with van der Waals surface area (Å²) in [6.07, 6.45) is 2.59. The molecule has 110 valence electrons. The van der Waals surface area contributed by atoms with Crippen LogP contribution >= 0.6 is 11.6 Å². The van der Waals surface area contributed by atoms with Gasteiger partial charge < -0.3 is 10.2 Å². The first kappa shape index (κ1) is 14.4. The van der Waals surface area contributed by atoms with Gasteiger partial charge in [0.15, 0.2) is 0 Å². The highest BCUT2D eigenvalue weighted by Gasteiger charge is 2.21. The zero-order valence-corrected chi connectivity index (χ0v) is 13.3. The Hall–Kier alpha value is -1.51. The van der Waals surface area contributed by atoms with E-state index in [1.165, 1.54) is 35.3 Å². The average Bonchev–Trinajstić information content (AvgIpc) is 3.29. The van der Waals surface area contributed by atoms with Gasteiger partial charge in [0, 0.05) is 36.0 Å². The summed E-state index contributed by atoms with van der Waals surface area (Å²) in [5.41, 5.74) is 4.92. The minimum atomic E-state index is 0.696. The lowest BCUT2D eigenvalue weighted by molar-refractivity contribution is 0.687. The van der Waals surface area contributed by atoms with Crippen molar-refractivity contribution in [1.29, 1.82) is 0 Å². The molecule has 2 aromatic rings. The third-order valence-corrected chi connectivity index (χ3v) is 4.22. The van der Waals surface area contributed by atoms with E-state index in [9.17, 15) is 0 Å². The molecule has 3 heteroatoms. The van der Waals surface area contributed by atoms with Crippen molar-refractivity contribution >= 4 is 23.0 Å². The smallest absolute Gasteiger partial charge is 0.0454 e. The Labute approximate surface area is 131 Å².